The van der Waals surface area contributed by atoms with E-state index >= 15 is 0 Å². The maximum Gasteiger partial charge on any atom is 0.373 e. The second kappa shape index (κ2) is 8.87. The van der Waals surface area contributed by atoms with E-state index in [0.717, 1.165) is 12.0 Å². The molecule has 1 aliphatic heterocycles. The average molecular weight is 501 g/mol. The van der Waals surface area contributed by atoms with E-state index in [-0.39, 0.29) is 41.8 Å². The molecule has 1 saturated heterocycles. The highest BCUT2D eigenvalue weighted by Gasteiger charge is 2.72. The van der Waals surface area contributed by atoms with E-state index in [1.165, 1.54) is 0 Å². The second-order valence-electron chi connectivity index (χ2n) is 12.5. The molecule has 1 unspecified atom stereocenters. The van der Waals surface area contributed by atoms with Crippen molar-refractivity contribution in [3.05, 3.63) is 47.0 Å². The Morgan fingerprint density at radius 2 is 1.61 bits per heavy atom. The highest BCUT2D eigenvalue weighted by molar-refractivity contribution is 5.42. The predicted octanol–water partition coefficient (Wildman–Crippen LogP) is 2.83. The van der Waals surface area contributed by atoms with Crippen LogP contribution in [0.5, 0.6) is 0 Å². The summed E-state index contributed by atoms with van der Waals surface area (Å²) in [6, 6.07) is 10.1. The van der Waals surface area contributed by atoms with Crippen LogP contribution >= 0.6 is 0 Å². The number of fused-ring (bicyclic) bond motifs is 5. The Morgan fingerprint density at radius 1 is 1.03 bits per heavy atom. The van der Waals surface area contributed by atoms with Crippen LogP contribution in [0.2, 0.25) is 0 Å². The zero-order valence-corrected chi connectivity index (χ0v) is 22.1. The normalized spacial score (nSPS) is 47.0. The van der Waals surface area contributed by atoms with Gasteiger partial charge in [-0.1, -0.05) is 65.0 Å². The number of rotatable bonds is 1. The Morgan fingerprint density at radius 3 is 2.14 bits per heavy atom. The van der Waals surface area contributed by atoms with E-state index in [1.54, 1.807) is 0 Å². The zero-order valence-electron chi connectivity index (χ0n) is 22.1. The van der Waals surface area contributed by atoms with Crippen molar-refractivity contribution in [3.8, 4) is 0 Å². The Balaban J connectivity index is 0.000000967. The molecule has 2 bridgehead atoms. The van der Waals surface area contributed by atoms with Gasteiger partial charge in [-0.3, -0.25) is 0 Å². The smallest absolute Gasteiger partial charge is 0.373 e. The van der Waals surface area contributed by atoms with Crippen LogP contribution < -0.4 is 0 Å². The Hall–Kier alpha value is -1.86. The number of hydrogen-bond acceptors (Lipinski definition) is 7. The van der Waals surface area contributed by atoms with Crippen LogP contribution in [-0.2, 0) is 14.3 Å². The molecule has 4 N–H and O–H groups in total. The molecule has 1 aromatic rings. The van der Waals surface area contributed by atoms with Crippen LogP contribution in [0.4, 0.5) is 0 Å². The summed E-state index contributed by atoms with van der Waals surface area (Å²) < 4.78 is 6.06. The van der Waals surface area contributed by atoms with Crippen LogP contribution in [0.25, 0.3) is 0 Å². The minimum Gasteiger partial charge on any atom is -0.389 e. The van der Waals surface area contributed by atoms with E-state index in [1.807, 2.05) is 39.0 Å². The minimum absolute atomic E-state index is 0.0533. The summed E-state index contributed by atoms with van der Waals surface area (Å²) in [7, 11) is 0. The van der Waals surface area contributed by atoms with Crippen molar-refractivity contribution in [2.75, 3.05) is 6.61 Å². The van der Waals surface area contributed by atoms with Crippen molar-refractivity contribution >= 4 is 6.15 Å². The van der Waals surface area contributed by atoms with Gasteiger partial charge in [0.2, 0.25) is 0 Å². The first-order chi connectivity index (χ1) is 16.7. The summed E-state index contributed by atoms with van der Waals surface area (Å²) in [5.74, 6) is -0.429. The monoisotopic (exact) mass is 500 g/mol. The first-order valence-electron chi connectivity index (χ1n) is 12.9. The molecule has 7 nitrogen and oxygen atoms in total. The molecule has 10 atom stereocenters. The lowest BCUT2D eigenvalue weighted by atomic mass is 9.38. The number of aliphatic hydroxyl groups excluding tert-OH is 3. The Bertz CT molecular complexity index is 1060. The van der Waals surface area contributed by atoms with Crippen LogP contribution in [0.3, 0.4) is 0 Å². The van der Waals surface area contributed by atoms with Crippen LogP contribution in [0.15, 0.2) is 41.5 Å². The third-order valence-corrected chi connectivity index (χ3v) is 10.8. The lowest BCUT2D eigenvalue weighted by molar-refractivity contribution is -0.309. The van der Waals surface area contributed by atoms with Gasteiger partial charge in [-0.15, -0.1) is 0 Å². The molecule has 198 valence electrons. The largest absolute Gasteiger partial charge is 0.389 e. The topological polar surface area (TPSA) is 124 Å². The quantitative estimate of drug-likeness (QED) is 0.437. The summed E-state index contributed by atoms with van der Waals surface area (Å²) >= 11 is 0. The van der Waals surface area contributed by atoms with Gasteiger partial charge in [0.1, 0.15) is 6.10 Å². The molecular formula is C29H40O7. The van der Waals surface area contributed by atoms with E-state index < -0.39 is 34.7 Å². The molecule has 0 radical (unpaired) electrons. The molecule has 0 aromatic heterocycles. The maximum atomic E-state index is 12.8. The van der Waals surface area contributed by atoms with E-state index in [4.69, 9.17) is 14.3 Å². The van der Waals surface area contributed by atoms with Crippen LogP contribution in [0, 0.1) is 28.1 Å². The second-order valence-corrected chi connectivity index (χ2v) is 12.5. The Kier molecular flexibility index (Phi) is 6.69. The van der Waals surface area contributed by atoms with E-state index in [0.29, 0.717) is 17.8 Å². The predicted molar refractivity (Wildman–Crippen MR) is 131 cm³/mol. The number of ether oxygens (including phenoxy) is 1. The summed E-state index contributed by atoms with van der Waals surface area (Å²) in [5.41, 5.74) is -0.822. The van der Waals surface area contributed by atoms with Gasteiger partial charge in [0, 0.05) is 28.6 Å². The lowest BCUT2D eigenvalue weighted by Crippen LogP contribution is -2.74. The van der Waals surface area contributed by atoms with Crippen LogP contribution in [-0.4, -0.2) is 63.2 Å². The Labute approximate surface area is 213 Å². The fourth-order valence-electron chi connectivity index (χ4n) is 8.53. The van der Waals surface area contributed by atoms with Crippen molar-refractivity contribution < 1.29 is 34.8 Å². The summed E-state index contributed by atoms with van der Waals surface area (Å²) in [4.78, 5) is 16.2. The molecule has 7 heteroatoms. The summed E-state index contributed by atoms with van der Waals surface area (Å²) in [6.45, 7) is 12.8. The first kappa shape index (κ1) is 27.2. The first-order valence-corrected chi connectivity index (χ1v) is 12.9. The standard InChI is InChI=1S/C28H40O5.CO2/c1-15-12-19-26(5,14-33-19)23-21(17-10-8-7-9-11-17)28(32)13-18(29)16(2)20(25(28,3)4)22(30)24(31)27(15,23)6;2-1-3/h7-11,15,18-19,21-24,29-32H,12-14H2,1-6H3;/t15-,18-,19+,21-,22+,23?,24-,26+,27+,28+;/m0./s1. The van der Waals surface area contributed by atoms with E-state index in [2.05, 4.69) is 32.9 Å². The minimum atomic E-state index is -1.32. The van der Waals surface area contributed by atoms with Crippen molar-refractivity contribution in [3.63, 3.8) is 0 Å². The third kappa shape index (κ3) is 3.37. The summed E-state index contributed by atoms with van der Waals surface area (Å²) in [6.07, 6.45) is -1.75. The molecule has 3 fully saturated rings. The fraction of sp³-hybridized carbons (Fsp3) is 0.690. The molecule has 0 spiro atoms. The number of aliphatic hydroxyl groups is 4. The highest BCUT2D eigenvalue weighted by Crippen LogP contribution is 2.70. The van der Waals surface area contributed by atoms with E-state index in [9.17, 15) is 20.4 Å². The van der Waals surface area contributed by atoms with Gasteiger partial charge in [0.15, 0.2) is 0 Å². The van der Waals surface area contributed by atoms with Crippen molar-refractivity contribution in [1.82, 2.24) is 0 Å². The number of carbonyl (C=O) groups excluding carboxylic acids is 2. The fourth-order valence-corrected chi connectivity index (χ4v) is 8.53. The van der Waals surface area contributed by atoms with Crippen molar-refractivity contribution in [2.24, 2.45) is 28.1 Å². The molecule has 4 aliphatic rings. The highest BCUT2D eigenvalue weighted by atomic mass is 16.5. The molecule has 1 aromatic carbocycles. The van der Waals surface area contributed by atoms with Crippen LogP contribution in [0.1, 0.15) is 65.9 Å². The van der Waals surface area contributed by atoms with Gasteiger partial charge < -0.3 is 25.2 Å². The molecule has 5 rings (SSSR count). The van der Waals surface area contributed by atoms with Gasteiger partial charge in [0.05, 0.1) is 30.5 Å². The van der Waals surface area contributed by atoms with Gasteiger partial charge in [-0.2, -0.15) is 9.59 Å². The zero-order chi connectivity index (χ0) is 26.8. The SMILES string of the molecule is CC1=C2[C@@H](O)[C@H](O)[C@@]3(C)C([C@H](c4ccccc4)[C@](O)(C[C@@H]1O)C2(C)C)[C@]1(C)CO[C@@H]1C[C@@H]3C.O=C=O. The molecule has 36 heavy (non-hydrogen) atoms. The molecule has 2 saturated carbocycles. The number of benzene rings is 1. The maximum absolute atomic E-state index is 12.8. The average Bonchev–Trinajstić information content (AvgIpc) is 2.82. The lowest BCUT2D eigenvalue weighted by Gasteiger charge is -2.71. The van der Waals surface area contributed by atoms with Gasteiger partial charge in [-0.25, -0.2) is 0 Å². The van der Waals surface area contributed by atoms with Gasteiger partial charge in [0.25, 0.3) is 0 Å². The van der Waals surface area contributed by atoms with Crippen molar-refractivity contribution in [1.29, 1.82) is 0 Å². The summed E-state index contributed by atoms with van der Waals surface area (Å²) in [5, 5.41) is 47.6. The molecule has 0 amide bonds. The molecule has 1 heterocycles. The molecular weight excluding hydrogens is 460 g/mol. The molecule has 3 aliphatic carbocycles. The number of hydrogen-bond donors (Lipinski definition) is 4. The van der Waals surface area contributed by atoms with Crippen molar-refractivity contribution in [2.45, 2.75) is 90.3 Å². The van der Waals surface area contributed by atoms with Gasteiger partial charge >= 0.3 is 6.15 Å². The third-order valence-electron chi connectivity index (χ3n) is 10.8. The van der Waals surface area contributed by atoms with Gasteiger partial charge in [-0.05, 0) is 41.9 Å².